The maximum absolute atomic E-state index is 5.63. The summed E-state index contributed by atoms with van der Waals surface area (Å²) in [4.78, 5) is 0. The van der Waals surface area contributed by atoms with Crippen LogP contribution in [0.15, 0.2) is 28.7 Å². The number of halogens is 1. The van der Waals surface area contributed by atoms with Crippen LogP contribution in [0, 0.1) is 5.92 Å². The van der Waals surface area contributed by atoms with Gasteiger partial charge in [0.2, 0.25) is 0 Å². The molecule has 1 fully saturated rings. The molecule has 88 valence electrons. The van der Waals surface area contributed by atoms with Crippen molar-refractivity contribution >= 4 is 15.9 Å². The number of ether oxygens (including phenoxy) is 1. The van der Waals surface area contributed by atoms with E-state index in [1.807, 2.05) is 24.3 Å². The first-order chi connectivity index (χ1) is 7.84. The Balaban J connectivity index is 1.56. The second kappa shape index (κ2) is 6.26. The van der Waals surface area contributed by atoms with Gasteiger partial charge in [-0.05, 0) is 43.5 Å². The average Bonchev–Trinajstić information content (AvgIpc) is 2.20. The van der Waals surface area contributed by atoms with Gasteiger partial charge in [-0.15, -0.1) is 0 Å². The van der Waals surface area contributed by atoms with E-state index in [-0.39, 0.29) is 0 Å². The molecule has 0 aromatic heterocycles. The molecule has 0 radical (unpaired) electrons. The number of benzene rings is 1. The molecule has 1 aliphatic carbocycles. The molecule has 1 aromatic rings. The van der Waals surface area contributed by atoms with Crippen molar-refractivity contribution in [1.82, 2.24) is 5.32 Å². The summed E-state index contributed by atoms with van der Waals surface area (Å²) in [6.45, 7) is 2.83. The molecule has 1 aromatic carbocycles. The van der Waals surface area contributed by atoms with Crippen molar-refractivity contribution in [3.8, 4) is 5.75 Å². The third-order valence-corrected chi connectivity index (χ3v) is 3.49. The van der Waals surface area contributed by atoms with Gasteiger partial charge in [0.05, 0.1) is 0 Å². The Morgan fingerprint density at radius 1 is 1.38 bits per heavy atom. The van der Waals surface area contributed by atoms with Crippen molar-refractivity contribution in [2.45, 2.75) is 19.3 Å². The van der Waals surface area contributed by atoms with Crippen molar-refractivity contribution in [2.75, 3.05) is 19.7 Å². The summed E-state index contributed by atoms with van der Waals surface area (Å²) in [5, 5.41) is 3.44. The Hall–Kier alpha value is -0.540. The second-order valence-electron chi connectivity index (χ2n) is 4.31. The van der Waals surface area contributed by atoms with E-state index in [1.165, 1.54) is 19.3 Å². The largest absolute Gasteiger partial charge is 0.492 e. The van der Waals surface area contributed by atoms with Crippen LogP contribution in [0.5, 0.6) is 5.75 Å². The Bertz CT molecular complexity index is 325. The van der Waals surface area contributed by atoms with Crippen molar-refractivity contribution in [3.05, 3.63) is 28.7 Å². The highest BCUT2D eigenvalue weighted by Crippen LogP contribution is 2.25. The molecule has 0 atom stereocenters. The summed E-state index contributed by atoms with van der Waals surface area (Å²) in [5.41, 5.74) is 0. The van der Waals surface area contributed by atoms with E-state index in [4.69, 9.17) is 4.74 Å². The average molecular weight is 284 g/mol. The van der Waals surface area contributed by atoms with E-state index in [9.17, 15) is 0 Å². The molecule has 16 heavy (non-hydrogen) atoms. The molecule has 0 amide bonds. The van der Waals surface area contributed by atoms with Gasteiger partial charge < -0.3 is 10.1 Å². The zero-order valence-electron chi connectivity index (χ0n) is 9.42. The van der Waals surface area contributed by atoms with Gasteiger partial charge in [0.1, 0.15) is 12.4 Å². The van der Waals surface area contributed by atoms with E-state index in [1.54, 1.807) is 0 Å². The lowest BCUT2D eigenvalue weighted by Gasteiger charge is -2.25. The quantitative estimate of drug-likeness (QED) is 0.810. The minimum absolute atomic E-state index is 0.739. The first-order valence-corrected chi connectivity index (χ1v) is 6.73. The molecule has 0 unspecified atom stereocenters. The fourth-order valence-corrected chi connectivity index (χ4v) is 2.18. The minimum Gasteiger partial charge on any atom is -0.492 e. The molecule has 0 spiro atoms. The van der Waals surface area contributed by atoms with Crippen molar-refractivity contribution in [2.24, 2.45) is 5.92 Å². The third kappa shape index (κ3) is 3.80. The van der Waals surface area contributed by atoms with E-state index in [0.717, 1.165) is 35.8 Å². The molecular formula is C13H18BrNO. The maximum atomic E-state index is 5.63. The van der Waals surface area contributed by atoms with Crippen LogP contribution in [0.1, 0.15) is 19.3 Å². The summed E-state index contributed by atoms with van der Waals surface area (Å²) in [5.74, 6) is 1.85. The lowest BCUT2D eigenvalue weighted by molar-refractivity contribution is 0.276. The number of hydrogen-bond acceptors (Lipinski definition) is 2. The summed E-state index contributed by atoms with van der Waals surface area (Å²) < 4.78 is 6.69. The van der Waals surface area contributed by atoms with Crippen LogP contribution in [0.4, 0.5) is 0 Å². The normalized spacial score (nSPS) is 15.8. The maximum Gasteiger partial charge on any atom is 0.120 e. The molecule has 1 aliphatic rings. The number of rotatable bonds is 6. The summed E-state index contributed by atoms with van der Waals surface area (Å²) >= 11 is 3.43. The molecule has 0 saturated heterocycles. The van der Waals surface area contributed by atoms with Crippen LogP contribution in [0.3, 0.4) is 0 Å². The number of hydrogen-bond donors (Lipinski definition) is 1. The van der Waals surface area contributed by atoms with Gasteiger partial charge in [-0.25, -0.2) is 0 Å². The van der Waals surface area contributed by atoms with Gasteiger partial charge in [-0.3, -0.25) is 0 Å². The first kappa shape index (κ1) is 11.9. The van der Waals surface area contributed by atoms with E-state index >= 15 is 0 Å². The molecule has 0 bridgehead atoms. The minimum atomic E-state index is 0.739. The van der Waals surface area contributed by atoms with Crippen LogP contribution in [-0.4, -0.2) is 19.7 Å². The molecule has 2 nitrogen and oxygen atoms in total. The molecule has 3 heteroatoms. The molecule has 1 N–H and O–H groups in total. The van der Waals surface area contributed by atoms with Gasteiger partial charge in [0.25, 0.3) is 0 Å². The highest BCUT2D eigenvalue weighted by atomic mass is 79.9. The topological polar surface area (TPSA) is 21.3 Å². The van der Waals surface area contributed by atoms with Crippen LogP contribution < -0.4 is 10.1 Å². The Morgan fingerprint density at radius 3 is 2.94 bits per heavy atom. The fraction of sp³-hybridized carbons (Fsp3) is 0.538. The molecule has 1 saturated carbocycles. The predicted molar refractivity (Wildman–Crippen MR) is 69.8 cm³/mol. The SMILES string of the molecule is Brc1cccc(OCCNCC2CCC2)c1. The van der Waals surface area contributed by atoms with Gasteiger partial charge >= 0.3 is 0 Å². The monoisotopic (exact) mass is 283 g/mol. The molecule has 0 aliphatic heterocycles. The smallest absolute Gasteiger partial charge is 0.120 e. The van der Waals surface area contributed by atoms with E-state index in [0.29, 0.717) is 0 Å². The van der Waals surface area contributed by atoms with Crippen molar-refractivity contribution in [3.63, 3.8) is 0 Å². The van der Waals surface area contributed by atoms with Gasteiger partial charge in [-0.1, -0.05) is 28.4 Å². The first-order valence-electron chi connectivity index (χ1n) is 5.94. The highest BCUT2D eigenvalue weighted by molar-refractivity contribution is 9.10. The summed E-state index contributed by atoms with van der Waals surface area (Å²) in [7, 11) is 0. The predicted octanol–water partition coefficient (Wildman–Crippen LogP) is 3.22. The summed E-state index contributed by atoms with van der Waals surface area (Å²) in [6, 6.07) is 7.96. The zero-order chi connectivity index (χ0) is 11.2. The van der Waals surface area contributed by atoms with Crippen LogP contribution in [-0.2, 0) is 0 Å². The Labute approximate surface area is 106 Å². The van der Waals surface area contributed by atoms with Crippen molar-refractivity contribution in [1.29, 1.82) is 0 Å². The van der Waals surface area contributed by atoms with Crippen LogP contribution >= 0.6 is 15.9 Å². The molecule has 0 heterocycles. The molecule has 2 rings (SSSR count). The second-order valence-corrected chi connectivity index (χ2v) is 5.22. The zero-order valence-corrected chi connectivity index (χ0v) is 11.0. The Morgan fingerprint density at radius 2 is 2.25 bits per heavy atom. The summed E-state index contributed by atoms with van der Waals surface area (Å²) in [6.07, 6.45) is 4.22. The highest BCUT2D eigenvalue weighted by Gasteiger charge is 2.15. The van der Waals surface area contributed by atoms with Gasteiger partial charge in [0, 0.05) is 11.0 Å². The van der Waals surface area contributed by atoms with Gasteiger partial charge in [-0.2, -0.15) is 0 Å². The third-order valence-electron chi connectivity index (χ3n) is 3.00. The van der Waals surface area contributed by atoms with E-state index < -0.39 is 0 Å². The van der Waals surface area contributed by atoms with Crippen LogP contribution in [0.2, 0.25) is 0 Å². The fourth-order valence-electron chi connectivity index (χ4n) is 1.80. The van der Waals surface area contributed by atoms with E-state index in [2.05, 4.69) is 21.2 Å². The molecular weight excluding hydrogens is 266 g/mol. The van der Waals surface area contributed by atoms with Gasteiger partial charge in [0.15, 0.2) is 0 Å². The number of nitrogens with one attached hydrogen (secondary N) is 1. The lowest BCUT2D eigenvalue weighted by Crippen LogP contribution is -2.30. The lowest BCUT2D eigenvalue weighted by atomic mass is 9.85. The van der Waals surface area contributed by atoms with Crippen molar-refractivity contribution < 1.29 is 4.74 Å². The Kier molecular flexibility index (Phi) is 4.67. The standard InChI is InChI=1S/C13H18BrNO/c14-12-5-2-6-13(9-12)16-8-7-15-10-11-3-1-4-11/h2,5-6,9,11,15H,1,3-4,7-8,10H2. The van der Waals surface area contributed by atoms with Crippen LogP contribution in [0.25, 0.3) is 0 Å².